The average molecular weight is 357 g/mol. The normalized spacial score (nSPS) is 20.7. The highest BCUT2D eigenvalue weighted by Crippen LogP contribution is 2.33. The van der Waals surface area contributed by atoms with E-state index in [0.29, 0.717) is 16.6 Å². The fourth-order valence-corrected chi connectivity index (χ4v) is 3.82. The minimum absolute atomic E-state index is 0.0256. The number of nitrogens with zero attached hydrogens (tertiary/aromatic N) is 5. The van der Waals surface area contributed by atoms with Crippen LogP contribution in [0.3, 0.4) is 0 Å². The molecular weight excluding hydrogens is 334 g/mol. The smallest absolute Gasteiger partial charge is 0.257 e. The van der Waals surface area contributed by atoms with E-state index >= 15 is 0 Å². The van der Waals surface area contributed by atoms with E-state index in [0.717, 1.165) is 44.2 Å². The molecule has 4 rings (SSSR count). The molecule has 25 heavy (non-hydrogen) atoms. The molecule has 6 nitrogen and oxygen atoms in total. The molecule has 0 N–H and O–H groups in total. The number of likely N-dealkylation sites (tertiary alicyclic amines) is 1. The summed E-state index contributed by atoms with van der Waals surface area (Å²) in [6.07, 6.45) is 14.0. The Balaban J connectivity index is 1.46. The van der Waals surface area contributed by atoms with Gasteiger partial charge in [-0.2, -0.15) is 0 Å². The second-order valence-corrected chi connectivity index (χ2v) is 7.70. The van der Waals surface area contributed by atoms with Crippen molar-refractivity contribution >= 4 is 17.7 Å². The van der Waals surface area contributed by atoms with Gasteiger partial charge in [-0.05, 0) is 37.9 Å². The Hall–Kier alpha value is -1.89. The predicted octanol–water partition coefficient (Wildman–Crippen LogP) is 2.82. The van der Waals surface area contributed by atoms with Crippen LogP contribution < -0.4 is 0 Å². The van der Waals surface area contributed by atoms with E-state index in [1.165, 1.54) is 24.6 Å². The number of thioether (sulfide) groups is 1. The van der Waals surface area contributed by atoms with Crippen molar-refractivity contribution in [3.05, 3.63) is 36.2 Å². The second-order valence-electron chi connectivity index (χ2n) is 6.93. The lowest BCUT2D eigenvalue weighted by Crippen LogP contribution is -2.40. The van der Waals surface area contributed by atoms with Crippen LogP contribution in [0.4, 0.5) is 0 Å². The van der Waals surface area contributed by atoms with Crippen LogP contribution in [0.5, 0.6) is 0 Å². The van der Waals surface area contributed by atoms with Crippen molar-refractivity contribution in [1.82, 2.24) is 24.4 Å². The van der Waals surface area contributed by atoms with E-state index < -0.39 is 0 Å². The van der Waals surface area contributed by atoms with Gasteiger partial charge in [-0.3, -0.25) is 4.79 Å². The summed E-state index contributed by atoms with van der Waals surface area (Å²) in [4.78, 5) is 27.8. The minimum atomic E-state index is 0.0256. The molecule has 1 amide bonds. The van der Waals surface area contributed by atoms with Gasteiger partial charge in [0.25, 0.3) is 5.91 Å². The zero-order valence-corrected chi connectivity index (χ0v) is 15.3. The van der Waals surface area contributed by atoms with Gasteiger partial charge in [0.05, 0.1) is 5.56 Å². The Labute approximate surface area is 152 Å². The maximum absolute atomic E-state index is 12.8. The van der Waals surface area contributed by atoms with Crippen molar-refractivity contribution in [2.24, 2.45) is 5.92 Å². The quantitative estimate of drug-likeness (QED) is 0.608. The lowest BCUT2D eigenvalue weighted by atomic mass is 9.96. The first kappa shape index (κ1) is 16.6. The fraction of sp³-hybridized carbons (Fsp3) is 0.556. The van der Waals surface area contributed by atoms with E-state index in [1.54, 1.807) is 12.4 Å². The molecule has 1 saturated carbocycles. The van der Waals surface area contributed by atoms with Gasteiger partial charge < -0.3 is 9.47 Å². The molecule has 2 aliphatic rings. The topological polar surface area (TPSA) is 63.9 Å². The summed E-state index contributed by atoms with van der Waals surface area (Å²) in [6.45, 7) is 2.59. The zero-order valence-electron chi connectivity index (χ0n) is 14.5. The molecule has 0 bridgehead atoms. The molecule has 7 heteroatoms. The monoisotopic (exact) mass is 357 g/mol. The van der Waals surface area contributed by atoms with Gasteiger partial charge >= 0.3 is 0 Å². The zero-order chi connectivity index (χ0) is 17.2. The van der Waals surface area contributed by atoms with E-state index in [2.05, 4.69) is 25.7 Å². The van der Waals surface area contributed by atoms with Crippen LogP contribution in [-0.4, -0.2) is 49.7 Å². The van der Waals surface area contributed by atoms with Crippen LogP contribution in [0.15, 0.2) is 29.9 Å². The molecule has 0 aromatic carbocycles. The molecule has 2 aromatic rings. The summed E-state index contributed by atoms with van der Waals surface area (Å²) in [6, 6.07) is 0. The maximum Gasteiger partial charge on any atom is 0.257 e. The molecule has 3 heterocycles. The molecule has 2 fully saturated rings. The van der Waals surface area contributed by atoms with Gasteiger partial charge in [0.1, 0.15) is 5.82 Å². The molecule has 132 valence electrons. The van der Waals surface area contributed by atoms with Gasteiger partial charge in [-0.25, -0.2) is 15.0 Å². The molecule has 1 aliphatic heterocycles. The summed E-state index contributed by atoms with van der Waals surface area (Å²) in [7, 11) is 0. The van der Waals surface area contributed by atoms with Crippen LogP contribution in [0.1, 0.15) is 47.8 Å². The van der Waals surface area contributed by atoms with Gasteiger partial charge in [0, 0.05) is 50.3 Å². The highest BCUT2D eigenvalue weighted by Gasteiger charge is 2.30. The van der Waals surface area contributed by atoms with Crippen molar-refractivity contribution < 1.29 is 4.79 Å². The number of carbonyl (C=O) groups is 1. The van der Waals surface area contributed by atoms with E-state index in [1.807, 2.05) is 17.4 Å². The standard InChI is InChI=1S/C18H23N5OS/c1-25-18-20-9-15(10-21-18)17(24)23-7-2-3-14(12-23)16-19-6-8-22(16)11-13-4-5-13/h6,8-10,13-14H,2-5,7,11-12H2,1H3. The third-order valence-electron chi connectivity index (χ3n) is 5.03. The van der Waals surface area contributed by atoms with Crippen molar-refractivity contribution in [3.63, 3.8) is 0 Å². The summed E-state index contributed by atoms with van der Waals surface area (Å²) < 4.78 is 2.30. The van der Waals surface area contributed by atoms with Gasteiger partial charge in [0.15, 0.2) is 5.16 Å². The fourth-order valence-electron chi connectivity index (χ4n) is 3.50. The van der Waals surface area contributed by atoms with Crippen LogP contribution in [0.25, 0.3) is 0 Å². The SMILES string of the molecule is CSc1ncc(C(=O)N2CCCC(c3nccn3CC3CC3)C2)cn1. The molecular formula is C18H23N5OS. The first-order chi connectivity index (χ1) is 12.2. The van der Waals surface area contributed by atoms with Crippen LogP contribution in [0, 0.1) is 5.92 Å². The Morgan fingerprint density at radius 2 is 2.04 bits per heavy atom. The maximum atomic E-state index is 12.8. The first-order valence-electron chi connectivity index (χ1n) is 8.91. The minimum Gasteiger partial charge on any atom is -0.338 e. The molecule has 0 radical (unpaired) electrons. The molecule has 1 aliphatic carbocycles. The molecule has 1 unspecified atom stereocenters. The average Bonchev–Trinajstić information content (AvgIpc) is 3.36. The molecule has 1 saturated heterocycles. The van der Waals surface area contributed by atoms with Gasteiger partial charge in [0.2, 0.25) is 0 Å². The number of hydrogen-bond donors (Lipinski definition) is 0. The summed E-state index contributed by atoms with van der Waals surface area (Å²) >= 11 is 1.48. The Bertz CT molecular complexity index is 740. The Morgan fingerprint density at radius 3 is 2.76 bits per heavy atom. The lowest BCUT2D eigenvalue weighted by Gasteiger charge is -2.32. The van der Waals surface area contributed by atoms with E-state index in [-0.39, 0.29) is 5.91 Å². The number of imidazole rings is 1. The summed E-state index contributed by atoms with van der Waals surface area (Å²) in [5, 5.41) is 0.690. The number of amides is 1. The van der Waals surface area contributed by atoms with E-state index in [9.17, 15) is 4.79 Å². The first-order valence-corrected chi connectivity index (χ1v) is 10.1. The highest BCUT2D eigenvalue weighted by atomic mass is 32.2. The molecule has 2 aromatic heterocycles. The summed E-state index contributed by atoms with van der Waals surface area (Å²) in [5.74, 6) is 2.30. The predicted molar refractivity (Wildman–Crippen MR) is 96.6 cm³/mol. The Morgan fingerprint density at radius 1 is 1.24 bits per heavy atom. The number of piperidine rings is 1. The highest BCUT2D eigenvalue weighted by molar-refractivity contribution is 7.98. The number of carbonyl (C=O) groups excluding carboxylic acids is 1. The third-order valence-corrected chi connectivity index (χ3v) is 5.61. The molecule has 0 spiro atoms. The van der Waals surface area contributed by atoms with Crippen LogP contribution in [0.2, 0.25) is 0 Å². The van der Waals surface area contributed by atoms with Crippen molar-refractivity contribution in [1.29, 1.82) is 0 Å². The second kappa shape index (κ2) is 7.15. The lowest BCUT2D eigenvalue weighted by molar-refractivity contribution is 0.0702. The molecule has 1 atom stereocenters. The van der Waals surface area contributed by atoms with Gasteiger partial charge in [-0.15, -0.1) is 0 Å². The van der Waals surface area contributed by atoms with Crippen molar-refractivity contribution in [2.45, 2.75) is 43.3 Å². The number of hydrogen-bond acceptors (Lipinski definition) is 5. The van der Waals surface area contributed by atoms with Gasteiger partial charge in [-0.1, -0.05) is 11.8 Å². The number of aromatic nitrogens is 4. The largest absolute Gasteiger partial charge is 0.338 e. The Kier molecular flexibility index (Phi) is 4.74. The van der Waals surface area contributed by atoms with E-state index in [4.69, 9.17) is 0 Å². The van der Waals surface area contributed by atoms with Crippen molar-refractivity contribution in [2.75, 3.05) is 19.3 Å². The van der Waals surface area contributed by atoms with Crippen LogP contribution >= 0.6 is 11.8 Å². The summed E-state index contributed by atoms with van der Waals surface area (Å²) in [5.41, 5.74) is 0.569. The third kappa shape index (κ3) is 3.71. The van der Waals surface area contributed by atoms with Crippen molar-refractivity contribution in [3.8, 4) is 0 Å². The number of rotatable bonds is 5. The van der Waals surface area contributed by atoms with Crippen LogP contribution in [-0.2, 0) is 6.54 Å².